The molecule has 0 saturated heterocycles. The molecule has 0 spiro atoms. The van der Waals surface area contributed by atoms with Gasteiger partial charge in [-0.05, 0) is 6.92 Å². The highest BCUT2D eigenvalue weighted by Gasteiger charge is 2.30. The Morgan fingerprint density at radius 3 is 2.62 bits per heavy atom. The SMILES string of the molecule is CCOC(=O)/C=C/O[C@H]1C/C=C\C[C@H](C(=O)N(C)C)O[C@H]1CC=O. The van der Waals surface area contributed by atoms with Crippen LogP contribution in [-0.4, -0.2) is 62.1 Å². The molecule has 1 aliphatic heterocycles. The molecule has 7 nitrogen and oxygen atoms in total. The number of hydrogen-bond acceptors (Lipinski definition) is 6. The number of likely N-dealkylation sites (N-methyl/N-ethyl adjacent to an activating group) is 1. The first-order chi connectivity index (χ1) is 11.5. The number of nitrogens with zero attached hydrogens (tertiary/aromatic N) is 1. The van der Waals surface area contributed by atoms with Gasteiger partial charge in [-0.2, -0.15) is 0 Å². The Morgan fingerprint density at radius 2 is 2.00 bits per heavy atom. The highest BCUT2D eigenvalue weighted by atomic mass is 16.6. The van der Waals surface area contributed by atoms with E-state index in [2.05, 4.69) is 0 Å². The third-order valence-electron chi connectivity index (χ3n) is 3.43. The third kappa shape index (κ3) is 6.54. The van der Waals surface area contributed by atoms with Crippen LogP contribution < -0.4 is 0 Å². The van der Waals surface area contributed by atoms with Crippen molar-refractivity contribution in [3.8, 4) is 0 Å². The summed E-state index contributed by atoms with van der Waals surface area (Å²) in [5.41, 5.74) is 0. The van der Waals surface area contributed by atoms with E-state index in [1.54, 1.807) is 21.0 Å². The monoisotopic (exact) mass is 339 g/mol. The Bertz CT molecular complexity index is 485. The van der Waals surface area contributed by atoms with Crippen LogP contribution in [0.1, 0.15) is 26.2 Å². The molecule has 1 heterocycles. The van der Waals surface area contributed by atoms with Crippen LogP contribution in [0.2, 0.25) is 0 Å². The fraction of sp³-hybridized carbons (Fsp3) is 0.588. The third-order valence-corrected chi connectivity index (χ3v) is 3.43. The minimum absolute atomic E-state index is 0.100. The van der Waals surface area contributed by atoms with Crippen LogP contribution in [0.15, 0.2) is 24.5 Å². The van der Waals surface area contributed by atoms with E-state index in [1.165, 1.54) is 17.2 Å². The van der Waals surface area contributed by atoms with E-state index < -0.39 is 24.3 Å². The van der Waals surface area contributed by atoms with Crippen LogP contribution in [-0.2, 0) is 28.6 Å². The smallest absolute Gasteiger partial charge is 0.333 e. The van der Waals surface area contributed by atoms with Gasteiger partial charge in [0.15, 0.2) is 0 Å². The highest BCUT2D eigenvalue weighted by Crippen LogP contribution is 2.20. The predicted octanol–water partition coefficient (Wildman–Crippen LogP) is 1.23. The van der Waals surface area contributed by atoms with E-state index in [-0.39, 0.29) is 18.9 Å². The van der Waals surface area contributed by atoms with Crippen LogP contribution in [0.4, 0.5) is 0 Å². The van der Waals surface area contributed by atoms with Crippen molar-refractivity contribution in [1.29, 1.82) is 0 Å². The molecule has 0 fully saturated rings. The molecule has 1 aliphatic rings. The molecule has 0 aromatic heterocycles. The van der Waals surface area contributed by atoms with E-state index in [0.717, 1.165) is 6.29 Å². The maximum atomic E-state index is 12.2. The van der Waals surface area contributed by atoms with E-state index in [9.17, 15) is 14.4 Å². The number of carbonyl (C=O) groups excluding carboxylic acids is 3. The quantitative estimate of drug-likeness (QED) is 0.228. The number of esters is 1. The van der Waals surface area contributed by atoms with Crippen molar-refractivity contribution in [3.63, 3.8) is 0 Å². The Kier molecular flexibility index (Phi) is 8.78. The van der Waals surface area contributed by atoms with Crippen LogP contribution in [0.25, 0.3) is 0 Å². The second-order valence-electron chi connectivity index (χ2n) is 5.47. The lowest BCUT2D eigenvalue weighted by molar-refractivity contribution is -0.152. The number of amides is 1. The van der Waals surface area contributed by atoms with Gasteiger partial charge in [0.05, 0.1) is 18.9 Å². The summed E-state index contributed by atoms with van der Waals surface area (Å²) in [6.45, 7) is 1.99. The Balaban J connectivity index is 2.79. The van der Waals surface area contributed by atoms with E-state index >= 15 is 0 Å². The van der Waals surface area contributed by atoms with Gasteiger partial charge in [0, 0.05) is 33.4 Å². The van der Waals surface area contributed by atoms with Crippen LogP contribution in [0.5, 0.6) is 0 Å². The summed E-state index contributed by atoms with van der Waals surface area (Å²) in [5.74, 6) is -0.675. The van der Waals surface area contributed by atoms with Crippen molar-refractivity contribution in [1.82, 2.24) is 4.90 Å². The molecule has 3 atom stereocenters. The van der Waals surface area contributed by atoms with Crippen molar-refractivity contribution in [3.05, 3.63) is 24.5 Å². The molecule has 7 heteroatoms. The second-order valence-corrected chi connectivity index (χ2v) is 5.47. The fourth-order valence-electron chi connectivity index (χ4n) is 2.23. The topological polar surface area (TPSA) is 82.1 Å². The lowest BCUT2D eigenvalue weighted by atomic mass is 10.0. The lowest BCUT2D eigenvalue weighted by Gasteiger charge is -2.30. The molecule has 0 bridgehead atoms. The van der Waals surface area contributed by atoms with E-state index in [1.807, 2.05) is 12.2 Å². The molecule has 0 unspecified atom stereocenters. The maximum absolute atomic E-state index is 12.2. The van der Waals surface area contributed by atoms with E-state index in [4.69, 9.17) is 14.2 Å². The molecule has 134 valence electrons. The summed E-state index contributed by atoms with van der Waals surface area (Å²) in [7, 11) is 3.30. The lowest BCUT2D eigenvalue weighted by Crippen LogP contribution is -2.42. The molecular weight excluding hydrogens is 314 g/mol. The normalized spacial score (nSPS) is 25.4. The van der Waals surface area contributed by atoms with Gasteiger partial charge in [-0.15, -0.1) is 0 Å². The number of hydrogen-bond donors (Lipinski definition) is 0. The number of rotatable bonds is 7. The Morgan fingerprint density at radius 1 is 1.29 bits per heavy atom. The van der Waals surface area contributed by atoms with Gasteiger partial charge < -0.3 is 23.9 Å². The molecule has 0 radical (unpaired) electrons. The zero-order valence-electron chi connectivity index (χ0n) is 14.3. The van der Waals surface area contributed by atoms with Crippen LogP contribution >= 0.6 is 0 Å². The molecule has 0 aromatic rings. The highest BCUT2D eigenvalue weighted by molar-refractivity contribution is 5.81. The van der Waals surface area contributed by atoms with Gasteiger partial charge in [0.25, 0.3) is 5.91 Å². The first kappa shape index (κ1) is 19.9. The Labute approximate surface area is 142 Å². The minimum Gasteiger partial charge on any atom is -0.495 e. The summed E-state index contributed by atoms with van der Waals surface area (Å²) in [4.78, 5) is 35.9. The van der Waals surface area contributed by atoms with Crippen molar-refractivity contribution in [2.24, 2.45) is 0 Å². The zero-order valence-corrected chi connectivity index (χ0v) is 14.3. The maximum Gasteiger partial charge on any atom is 0.333 e. The largest absolute Gasteiger partial charge is 0.495 e. The second kappa shape index (κ2) is 10.6. The molecule has 1 amide bonds. The van der Waals surface area contributed by atoms with Gasteiger partial charge in [-0.1, -0.05) is 12.2 Å². The summed E-state index contributed by atoms with van der Waals surface area (Å²) in [5, 5.41) is 0. The zero-order chi connectivity index (χ0) is 17.9. The fourth-order valence-corrected chi connectivity index (χ4v) is 2.23. The average Bonchev–Trinajstić information content (AvgIpc) is 2.52. The first-order valence-corrected chi connectivity index (χ1v) is 7.93. The summed E-state index contributed by atoms with van der Waals surface area (Å²) < 4.78 is 16.1. The van der Waals surface area contributed by atoms with Gasteiger partial charge in [0.2, 0.25) is 0 Å². The summed E-state index contributed by atoms with van der Waals surface area (Å²) in [6.07, 6.45) is 6.22. The molecule has 0 saturated carbocycles. The van der Waals surface area contributed by atoms with Crippen LogP contribution in [0, 0.1) is 0 Å². The summed E-state index contributed by atoms with van der Waals surface area (Å²) in [6, 6.07) is 0. The van der Waals surface area contributed by atoms with Gasteiger partial charge in [-0.3, -0.25) is 4.79 Å². The first-order valence-electron chi connectivity index (χ1n) is 7.93. The molecule has 0 N–H and O–H groups in total. The molecule has 0 aromatic carbocycles. The minimum atomic E-state index is -0.665. The van der Waals surface area contributed by atoms with Crippen molar-refractivity contribution in [2.45, 2.75) is 44.5 Å². The van der Waals surface area contributed by atoms with Crippen molar-refractivity contribution < 1.29 is 28.6 Å². The molecule has 24 heavy (non-hydrogen) atoms. The molecular formula is C17H25NO6. The standard InChI is InChI=1S/C17H25NO6/c1-4-22-16(20)10-12-23-13-7-5-6-8-15(17(21)18(2)3)24-14(13)9-11-19/h5-6,10-15H,4,7-9H2,1-3H3/b6-5-,12-10+/t13-,14-,15+/m0/s1. The van der Waals surface area contributed by atoms with Crippen LogP contribution in [0.3, 0.4) is 0 Å². The van der Waals surface area contributed by atoms with Crippen molar-refractivity contribution >= 4 is 18.2 Å². The van der Waals surface area contributed by atoms with Gasteiger partial charge in [0.1, 0.15) is 24.6 Å². The molecule has 1 rings (SSSR count). The van der Waals surface area contributed by atoms with Gasteiger partial charge >= 0.3 is 5.97 Å². The van der Waals surface area contributed by atoms with E-state index in [0.29, 0.717) is 12.8 Å². The Hall–Kier alpha value is -2.15. The van der Waals surface area contributed by atoms with Gasteiger partial charge in [-0.25, -0.2) is 4.79 Å². The molecule has 0 aliphatic carbocycles. The van der Waals surface area contributed by atoms with Crippen molar-refractivity contribution in [2.75, 3.05) is 20.7 Å². The number of ether oxygens (including phenoxy) is 3. The number of carbonyl (C=O) groups is 3. The average molecular weight is 339 g/mol. The summed E-state index contributed by atoms with van der Waals surface area (Å²) >= 11 is 0. The predicted molar refractivity (Wildman–Crippen MR) is 87.1 cm³/mol. The number of aldehydes is 1.